The highest BCUT2D eigenvalue weighted by Crippen LogP contribution is 2.30. The summed E-state index contributed by atoms with van der Waals surface area (Å²) in [6.07, 6.45) is 4.67. The highest BCUT2D eigenvalue weighted by Gasteiger charge is 2.27. The first-order chi connectivity index (χ1) is 7.98. The first-order valence-electron chi connectivity index (χ1n) is 5.79. The lowest BCUT2D eigenvalue weighted by Gasteiger charge is -2.27. The molecule has 0 saturated carbocycles. The van der Waals surface area contributed by atoms with Crippen molar-refractivity contribution in [2.75, 3.05) is 7.11 Å². The number of nitrogens with zero attached hydrogens (tertiary/aromatic N) is 1. The van der Waals surface area contributed by atoms with Crippen LogP contribution in [0.5, 0.6) is 0 Å². The fraction of sp³-hybridized carbons (Fsp3) is 0.500. The summed E-state index contributed by atoms with van der Waals surface area (Å²) in [5, 5.41) is 0.693. The van der Waals surface area contributed by atoms with Crippen molar-refractivity contribution in [1.29, 1.82) is 0 Å². The van der Waals surface area contributed by atoms with E-state index in [1.165, 1.54) is 5.57 Å². The van der Waals surface area contributed by atoms with Crippen LogP contribution in [0.2, 0.25) is 5.02 Å². The SMILES string of the molecule is C=C(C)CCCC(C)(OC)c1cc(Cl)ccn1. The Balaban J connectivity index is 2.77. The highest BCUT2D eigenvalue weighted by atomic mass is 35.5. The summed E-state index contributed by atoms with van der Waals surface area (Å²) in [7, 11) is 1.71. The minimum Gasteiger partial charge on any atom is -0.372 e. The second-order valence-corrected chi connectivity index (χ2v) is 5.04. The van der Waals surface area contributed by atoms with Gasteiger partial charge in [-0.3, -0.25) is 4.98 Å². The third-order valence-corrected chi connectivity index (χ3v) is 3.21. The second-order valence-electron chi connectivity index (χ2n) is 4.60. The summed E-state index contributed by atoms with van der Waals surface area (Å²) >= 11 is 5.98. The predicted octanol–water partition coefficient (Wildman–Crippen LogP) is 4.34. The van der Waals surface area contributed by atoms with E-state index >= 15 is 0 Å². The zero-order chi connectivity index (χ0) is 12.9. The van der Waals surface area contributed by atoms with Crippen molar-refractivity contribution in [3.05, 3.63) is 41.2 Å². The molecule has 1 aromatic rings. The van der Waals surface area contributed by atoms with Crippen LogP contribution in [-0.4, -0.2) is 12.1 Å². The van der Waals surface area contributed by atoms with Gasteiger partial charge in [0, 0.05) is 18.3 Å². The molecule has 0 aliphatic carbocycles. The molecule has 0 amide bonds. The molecule has 0 aromatic carbocycles. The molecule has 0 radical (unpaired) electrons. The molecule has 0 bridgehead atoms. The minimum atomic E-state index is -0.375. The van der Waals surface area contributed by atoms with Crippen LogP contribution in [0.25, 0.3) is 0 Å². The molecule has 94 valence electrons. The molecular weight excluding hydrogens is 234 g/mol. The van der Waals surface area contributed by atoms with Gasteiger partial charge >= 0.3 is 0 Å². The van der Waals surface area contributed by atoms with E-state index in [-0.39, 0.29) is 5.60 Å². The van der Waals surface area contributed by atoms with Gasteiger partial charge in [-0.2, -0.15) is 0 Å². The van der Waals surface area contributed by atoms with Gasteiger partial charge < -0.3 is 4.74 Å². The van der Waals surface area contributed by atoms with Crippen LogP contribution in [0.15, 0.2) is 30.5 Å². The molecule has 3 heteroatoms. The first-order valence-corrected chi connectivity index (χ1v) is 6.17. The van der Waals surface area contributed by atoms with Crippen LogP contribution < -0.4 is 0 Å². The van der Waals surface area contributed by atoms with Crippen molar-refractivity contribution in [1.82, 2.24) is 4.98 Å². The lowest BCUT2D eigenvalue weighted by Crippen LogP contribution is -2.25. The Morgan fingerprint density at radius 1 is 1.59 bits per heavy atom. The van der Waals surface area contributed by atoms with E-state index in [9.17, 15) is 0 Å². The maximum atomic E-state index is 5.98. The molecule has 1 atom stereocenters. The van der Waals surface area contributed by atoms with Gasteiger partial charge in [-0.15, -0.1) is 6.58 Å². The van der Waals surface area contributed by atoms with Gasteiger partial charge in [0.05, 0.1) is 5.69 Å². The highest BCUT2D eigenvalue weighted by molar-refractivity contribution is 6.30. The number of hydrogen-bond acceptors (Lipinski definition) is 2. The van der Waals surface area contributed by atoms with Gasteiger partial charge in [0.2, 0.25) is 0 Å². The monoisotopic (exact) mass is 253 g/mol. The molecule has 0 N–H and O–H groups in total. The lowest BCUT2D eigenvalue weighted by molar-refractivity contribution is -0.0106. The summed E-state index contributed by atoms with van der Waals surface area (Å²) in [5.41, 5.74) is 1.71. The Hall–Kier alpha value is -0.860. The Bertz CT molecular complexity index is 392. The van der Waals surface area contributed by atoms with E-state index in [1.54, 1.807) is 19.4 Å². The van der Waals surface area contributed by atoms with Gasteiger partial charge in [-0.05, 0) is 45.2 Å². The Kier molecular flexibility index (Phi) is 5.16. The van der Waals surface area contributed by atoms with Gasteiger partial charge in [0.15, 0.2) is 0 Å². The van der Waals surface area contributed by atoms with Crippen molar-refractivity contribution in [3.63, 3.8) is 0 Å². The third-order valence-electron chi connectivity index (χ3n) is 2.97. The Labute approximate surface area is 109 Å². The van der Waals surface area contributed by atoms with E-state index < -0.39 is 0 Å². The third kappa shape index (κ3) is 4.14. The number of methoxy groups -OCH3 is 1. The normalized spacial score (nSPS) is 14.4. The predicted molar refractivity (Wildman–Crippen MR) is 72.3 cm³/mol. The maximum absolute atomic E-state index is 5.98. The zero-order valence-corrected chi connectivity index (χ0v) is 11.5. The Morgan fingerprint density at radius 2 is 2.29 bits per heavy atom. The molecule has 0 aliphatic rings. The maximum Gasteiger partial charge on any atom is 0.107 e. The number of allylic oxidation sites excluding steroid dienone is 1. The summed E-state index contributed by atoms with van der Waals surface area (Å²) in [5.74, 6) is 0. The quantitative estimate of drug-likeness (QED) is 0.704. The van der Waals surface area contributed by atoms with E-state index in [4.69, 9.17) is 16.3 Å². The van der Waals surface area contributed by atoms with E-state index in [2.05, 4.69) is 11.6 Å². The molecule has 0 saturated heterocycles. The van der Waals surface area contributed by atoms with Crippen LogP contribution >= 0.6 is 11.6 Å². The minimum absolute atomic E-state index is 0.375. The number of halogens is 1. The van der Waals surface area contributed by atoms with E-state index in [0.29, 0.717) is 5.02 Å². The van der Waals surface area contributed by atoms with Crippen LogP contribution in [-0.2, 0) is 10.3 Å². The first kappa shape index (κ1) is 14.2. The van der Waals surface area contributed by atoms with Crippen molar-refractivity contribution in [2.45, 2.75) is 38.7 Å². The largest absolute Gasteiger partial charge is 0.372 e. The van der Waals surface area contributed by atoms with E-state index in [0.717, 1.165) is 25.0 Å². The van der Waals surface area contributed by atoms with Gasteiger partial charge in [-0.1, -0.05) is 17.2 Å². The average molecular weight is 254 g/mol. The number of ether oxygens (including phenoxy) is 1. The summed E-state index contributed by atoms with van der Waals surface area (Å²) in [6.45, 7) is 8.00. The van der Waals surface area contributed by atoms with Crippen LogP contribution in [0.3, 0.4) is 0 Å². The molecule has 2 nitrogen and oxygen atoms in total. The van der Waals surface area contributed by atoms with Gasteiger partial charge in [0.1, 0.15) is 5.60 Å². The van der Waals surface area contributed by atoms with Crippen LogP contribution in [0, 0.1) is 0 Å². The van der Waals surface area contributed by atoms with Gasteiger partial charge in [-0.25, -0.2) is 0 Å². The average Bonchev–Trinajstić information content (AvgIpc) is 2.28. The van der Waals surface area contributed by atoms with Gasteiger partial charge in [0.25, 0.3) is 0 Å². The molecule has 0 aliphatic heterocycles. The molecular formula is C14H20ClNO. The van der Waals surface area contributed by atoms with E-state index in [1.807, 2.05) is 19.9 Å². The number of pyridine rings is 1. The molecule has 1 heterocycles. The number of rotatable bonds is 6. The van der Waals surface area contributed by atoms with Crippen molar-refractivity contribution in [3.8, 4) is 0 Å². The fourth-order valence-electron chi connectivity index (χ4n) is 1.76. The van der Waals surface area contributed by atoms with Crippen LogP contribution in [0.4, 0.5) is 0 Å². The molecule has 0 spiro atoms. The topological polar surface area (TPSA) is 22.1 Å². The lowest BCUT2D eigenvalue weighted by atomic mass is 9.93. The van der Waals surface area contributed by atoms with Crippen LogP contribution in [0.1, 0.15) is 38.8 Å². The smallest absolute Gasteiger partial charge is 0.107 e. The summed E-state index contributed by atoms with van der Waals surface area (Å²) in [4.78, 5) is 4.35. The number of aromatic nitrogens is 1. The number of hydrogen-bond donors (Lipinski definition) is 0. The van der Waals surface area contributed by atoms with Crippen molar-refractivity contribution < 1.29 is 4.74 Å². The summed E-state index contributed by atoms with van der Waals surface area (Å²) < 4.78 is 5.61. The molecule has 1 aromatic heterocycles. The van der Waals surface area contributed by atoms with Crippen molar-refractivity contribution >= 4 is 11.6 Å². The molecule has 0 fully saturated rings. The standard InChI is InChI=1S/C14H20ClNO/c1-11(2)6-5-8-14(3,17-4)13-10-12(15)7-9-16-13/h7,9-10H,1,5-6,8H2,2-4H3. The fourth-order valence-corrected chi connectivity index (χ4v) is 1.92. The zero-order valence-electron chi connectivity index (χ0n) is 10.8. The molecule has 1 unspecified atom stereocenters. The molecule has 17 heavy (non-hydrogen) atoms. The Morgan fingerprint density at radius 3 is 2.82 bits per heavy atom. The summed E-state index contributed by atoms with van der Waals surface area (Å²) in [6, 6.07) is 3.64. The molecule has 1 rings (SSSR count). The van der Waals surface area contributed by atoms with Crippen molar-refractivity contribution in [2.24, 2.45) is 0 Å². The second kappa shape index (κ2) is 6.18.